The van der Waals surface area contributed by atoms with Gasteiger partial charge in [-0.25, -0.2) is 4.98 Å². The fraction of sp³-hybridized carbons (Fsp3) is 0.400. The molecule has 0 aliphatic heterocycles. The fourth-order valence-electron chi connectivity index (χ4n) is 4.34. The molecule has 7 heteroatoms. The first kappa shape index (κ1) is 21.9. The number of aromatic nitrogens is 2. The number of amides is 1. The Kier molecular flexibility index (Phi) is 7.04. The van der Waals surface area contributed by atoms with Crippen LogP contribution in [-0.4, -0.2) is 35.7 Å². The highest BCUT2D eigenvalue weighted by atomic mass is 16.5. The summed E-state index contributed by atoms with van der Waals surface area (Å²) in [7, 11) is 1.60. The van der Waals surface area contributed by atoms with Gasteiger partial charge in [0, 0.05) is 12.5 Å². The van der Waals surface area contributed by atoms with Gasteiger partial charge in [0.05, 0.1) is 30.9 Å². The lowest BCUT2D eigenvalue weighted by Gasteiger charge is -2.28. The summed E-state index contributed by atoms with van der Waals surface area (Å²) in [5, 5.41) is 3.64. The molecule has 0 unspecified atom stereocenters. The number of hydrogen-bond acceptors (Lipinski definition) is 5. The van der Waals surface area contributed by atoms with E-state index in [4.69, 9.17) is 9.47 Å². The molecule has 0 saturated heterocycles. The number of rotatable bonds is 8. The average Bonchev–Trinajstić information content (AvgIpc) is 2.84. The quantitative estimate of drug-likeness (QED) is 0.549. The van der Waals surface area contributed by atoms with E-state index in [9.17, 15) is 9.59 Å². The standard InChI is InChI=1S/C25H29N3O4/c1-31-22-8-4-5-9-23(22)32-15-14-26-24(29)19-12-10-18(11-13-19)16-28-17-27-21-7-3-2-6-20(21)25(28)30/h2-9,17-19H,10-16H2,1H3,(H,26,29). The molecule has 168 valence electrons. The summed E-state index contributed by atoms with van der Waals surface area (Å²) >= 11 is 0. The third-order valence-corrected chi connectivity index (χ3v) is 6.13. The third kappa shape index (κ3) is 5.10. The molecule has 1 saturated carbocycles. The summed E-state index contributed by atoms with van der Waals surface area (Å²) in [6.07, 6.45) is 5.16. The normalized spacial score (nSPS) is 18.3. The molecule has 1 aromatic heterocycles. The van der Waals surface area contributed by atoms with E-state index in [-0.39, 0.29) is 17.4 Å². The van der Waals surface area contributed by atoms with E-state index in [0.29, 0.717) is 42.5 Å². The van der Waals surface area contributed by atoms with E-state index in [2.05, 4.69) is 10.3 Å². The molecule has 1 amide bonds. The maximum atomic E-state index is 12.7. The number of ether oxygens (including phenoxy) is 2. The lowest BCUT2D eigenvalue weighted by molar-refractivity contribution is -0.126. The Morgan fingerprint density at radius 3 is 2.56 bits per heavy atom. The van der Waals surface area contributed by atoms with Crippen LogP contribution in [0, 0.1) is 11.8 Å². The molecule has 1 aliphatic carbocycles. The molecule has 1 heterocycles. The molecule has 3 aromatic rings. The van der Waals surface area contributed by atoms with Crippen LogP contribution in [-0.2, 0) is 11.3 Å². The average molecular weight is 436 g/mol. The highest BCUT2D eigenvalue weighted by molar-refractivity contribution is 5.78. The van der Waals surface area contributed by atoms with Gasteiger partial charge >= 0.3 is 0 Å². The van der Waals surface area contributed by atoms with Crippen molar-refractivity contribution in [3.05, 3.63) is 65.2 Å². The highest BCUT2D eigenvalue weighted by Gasteiger charge is 2.26. The summed E-state index contributed by atoms with van der Waals surface area (Å²) in [5.74, 6) is 1.83. The molecule has 0 atom stereocenters. The van der Waals surface area contributed by atoms with Gasteiger partial charge in [-0.3, -0.25) is 14.2 Å². The van der Waals surface area contributed by atoms with Crippen molar-refractivity contribution in [3.8, 4) is 11.5 Å². The SMILES string of the molecule is COc1ccccc1OCCNC(=O)C1CCC(Cn2cnc3ccccc3c2=O)CC1. The zero-order chi connectivity index (χ0) is 22.3. The van der Waals surface area contributed by atoms with Crippen LogP contribution in [0.3, 0.4) is 0 Å². The number of fused-ring (bicyclic) bond motifs is 1. The second-order valence-corrected chi connectivity index (χ2v) is 8.23. The number of carbonyl (C=O) groups excluding carboxylic acids is 1. The van der Waals surface area contributed by atoms with Crippen LogP contribution >= 0.6 is 0 Å². The lowest BCUT2D eigenvalue weighted by atomic mass is 9.81. The summed E-state index contributed by atoms with van der Waals surface area (Å²) in [6, 6.07) is 14.9. The van der Waals surface area contributed by atoms with Gasteiger partial charge in [0.25, 0.3) is 5.56 Å². The Balaban J connectivity index is 1.22. The summed E-state index contributed by atoms with van der Waals surface area (Å²) in [6.45, 7) is 1.49. The first-order chi connectivity index (χ1) is 15.7. The van der Waals surface area contributed by atoms with E-state index in [1.807, 2.05) is 48.5 Å². The Morgan fingerprint density at radius 1 is 1.06 bits per heavy atom. The minimum Gasteiger partial charge on any atom is -0.493 e. The van der Waals surface area contributed by atoms with Crippen LogP contribution in [0.2, 0.25) is 0 Å². The van der Waals surface area contributed by atoms with Crippen molar-refractivity contribution in [1.82, 2.24) is 14.9 Å². The third-order valence-electron chi connectivity index (χ3n) is 6.13. The predicted octanol–water partition coefficient (Wildman–Crippen LogP) is 3.41. The number of para-hydroxylation sites is 3. The Bertz CT molecular complexity index is 1120. The number of methoxy groups -OCH3 is 1. The van der Waals surface area contributed by atoms with Crippen molar-refractivity contribution in [1.29, 1.82) is 0 Å². The Labute approximate surface area is 187 Å². The van der Waals surface area contributed by atoms with Crippen molar-refractivity contribution < 1.29 is 14.3 Å². The smallest absolute Gasteiger partial charge is 0.261 e. The van der Waals surface area contributed by atoms with Crippen molar-refractivity contribution in [3.63, 3.8) is 0 Å². The van der Waals surface area contributed by atoms with Crippen molar-refractivity contribution in [2.24, 2.45) is 11.8 Å². The Hall–Kier alpha value is -3.35. The maximum Gasteiger partial charge on any atom is 0.261 e. The highest BCUT2D eigenvalue weighted by Crippen LogP contribution is 2.30. The molecule has 1 aliphatic rings. The largest absolute Gasteiger partial charge is 0.493 e. The molecule has 7 nitrogen and oxygen atoms in total. The van der Waals surface area contributed by atoms with E-state index >= 15 is 0 Å². The summed E-state index contributed by atoms with van der Waals surface area (Å²) < 4.78 is 12.7. The zero-order valence-corrected chi connectivity index (χ0v) is 18.3. The molecule has 2 aromatic carbocycles. The minimum absolute atomic E-state index is 0.00510. The molecule has 1 N–H and O–H groups in total. The van der Waals surface area contributed by atoms with E-state index in [1.165, 1.54) is 0 Å². The van der Waals surface area contributed by atoms with E-state index < -0.39 is 0 Å². The number of hydrogen-bond donors (Lipinski definition) is 1. The van der Waals surface area contributed by atoms with Crippen molar-refractivity contribution in [2.45, 2.75) is 32.2 Å². The van der Waals surface area contributed by atoms with E-state index in [1.54, 1.807) is 18.0 Å². The first-order valence-corrected chi connectivity index (χ1v) is 11.1. The van der Waals surface area contributed by atoms with Gasteiger partial charge in [-0.2, -0.15) is 0 Å². The summed E-state index contributed by atoms with van der Waals surface area (Å²) in [5.41, 5.74) is 0.731. The van der Waals surface area contributed by atoms with Crippen LogP contribution in [0.1, 0.15) is 25.7 Å². The van der Waals surface area contributed by atoms with Crippen molar-refractivity contribution in [2.75, 3.05) is 20.3 Å². The second kappa shape index (κ2) is 10.3. The van der Waals surface area contributed by atoms with Crippen LogP contribution in [0.15, 0.2) is 59.7 Å². The van der Waals surface area contributed by atoms with E-state index in [0.717, 1.165) is 31.2 Å². The minimum atomic E-state index is 0.00510. The predicted molar refractivity (Wildman–Crippen MR) is 123 cm³/mol. The molecule has 0 radical (unpaired) electrons. The maximum absolute atomic E-state index is 12.7. The molecule has 0 spiro atoms. The topological polar surface area (TPSA) is 82.4 Å². The van der Waals surface area contributed by atoms with Crippen LogP contribution in [0.25, 0.3) is 10.9 Å². The number of nitrogens with one attached hydrogen (secondary N) is 1. The van der Waals surface area contributed by atoms with Crippen LogP contribution in [0.4, 0.5) is 0 Å². The van der Waals surface area contributed by atoms with Gasteiger partial charge in [-0.15, -0.1) is 0 Å². The fourth-order valence-corrected chi connectivity index (χ4v) is 4.34. The Morgan fingerprint density at radius 2 is 1.78 bits per heavy atom. The van der Waals surface area contributed by atoms with Gasteiger partial charge in [-0.1, -0.05) is 24.3 Å². The number of benzene rings is 2. The van der Waals surface area contributed by atoms with Crippen LogP contribution < -0.4 is 20.3 Å². The van der Waals surface area contributed by atoms with Gasteiger partial charge in [0.15, 0.2) is 11.5 Å². The van der Waals surface area contributed by atoms with Crippen molar-refractivity contribution >= 4 is 16.8 Å². The molecule has 4 rings (SSSR count). The van der Waals surface area contributed by atoms with Gasteiger partial charge < -0.3 is 14.8 Å². The molecular weight excluding hydrogens is 406 g/mol. The summed E-state index contributed by atoms with van der Waals surface area (Å²) in [4.78, 5) is 29.6. The van der Waals surface area contributed by atoms with Gasteiger partial charge in [-0.05, 0) is 55.9 Å². The molecule has 1 fully saturated rings. The molecule has 0 bridgehead atoms. The first-order valence-electron chi connectivity index (χ1n) is 11.1. The monoisotopic (exact) mass is 435 g/mol. The molecular formula is C25H29N3O4. The van der Waals surface area contributed by atoms with Crippen LogP contribution in [0.5, 0.6) is 11.5 Å². The number of carbonyl (C=O) groups is 1. The second-order valence-electron chi connectivity index (χ2n) is 8.23. The van der Waals surface area contributed by atoms with Gasteiger partial charge in [0.2, 0.25) is 5.91 Å². The van der Waals surface area contributed by atoms with Gasteiger partial charge in [0.1, 0.15) is 6.61 Å². The lowest BCUT2D eigenvalue weighted by Crippen LogP contribution is -2.36. The zero-order valence-electron chi connectivity index (χ0n) is 18.3. The number of nitrogens with zero attached hydrogens (tertiary/aromatic N) is 2. The molecule has 32 heavy (non-hydrogen) atoms.